The van der Waals surface area contributed by atoms with Crippen molar-refractivity contribution in [2.24, 2.45) is 5.92 Å². The van der Waals surface area contributed by atoms with Crippen molar-refractivity contribution in [2.45, 2.75) is 38.6 Å². The minimum Gasteiger partial charge on any atom is -0.358 e. The predicted molar refractivity (Wildman–Crippen MR) is 74.6 cm³/mol. The highest BCUT2D eigenvalue weighted by Crippen LogP contribution is 2.25. The lowest BCUT2D eigenvalue weighted by molar-refractivity contribution is 0.361. The van der Waals surface area contributed by atoms with Gasteiger partial charge in [-0.2, -0.15) is 0 Å². The van der Waals surface area contributed by atoms with Crippen LogP contribution in [0.3, 0.4) is 0 Å². The maximum absolute atomic E-state index is 4.63. The maximum Gasteiger partial charge on any atom is 0.147 e. The van der Waals surface area contributed by atoms with Crippen LogP contribution in [0.5, 0.6) is 0 Å². The summed E-state index contributed by atoms with van der Waals surface area (Å²) in [6.45, 7) is 1.88. The van der Waals surface area contributed by atoms with E-state index in [1.54, 1.807) is 0 Å². The van der Waals surface area contributed by atoms with Gasteiger partial charge in [0.15, 0.2) is 0 Å². The van der Waals surface area contributed by atoms with Crippen LogP contribution in [0.25, 0.3) is 0 Å². The van der Waals surface area contributed by atoms with Crippen molar-refractivity contribution >= 4 is 5.82 Å². The van der Waals surface area contributed by atoms with Crippen LogP contribution in [0.1, 0.15) is 37.8 Å². The zero-order chi connectivity index (χ0) is 12.8. The number of aromatic nitrogens is 2. The van der Waals surface area contributed by atoms with E-state index in [9.17, 15) is 0 Å². The summed E-state index contributed by atoms with van der Waals surface area (Å²) in [6, 6.07) is 0. The molecule has 0 bridgehead atoms. The van der Waals surface area contributed by atoms with Crippen molar-refractivity contribution in [3.8, 4) is 0 Å². The summed E-state index contributed by atoms with van der Waals surface area (Å²) >= 11 is 0. The number of anilines is 1. The van der Waals surface area contributed by atoms with Crippen molar-refractivity contribution in [2.75, 3.05) is 25.5 Å². The van der Waals surface area contributed by atoms with E-state index in [1.165, 1.54) is 32.1 Å². The Morgan fingerprint density at radius 2 is 2.06 bits per heavy atom. The second-order valence-corrected chi connectivity index (χ2v) is 5.28. The first-order valence-corrected chi connectivity index (χ1v) is 6.96. The number of nitrogens with zero attached hydrogens (tertiary/aromatic N) is 3. The Balaban J connectivity index is 1.94. The first-order valence-electron chi connectivity index (χ1n) is 6.96. The first-order chi connectivity index (χ1) is 8.79. The van der Waals surface area contributed by atoms with E-state index in [0.717, 1.165) is 30.5 Å². The van der Waals surface area contributed by atoms with Crippen LogP contribution in [0.4, 0.5) is 5.82 Å². The summed E-state index contributed by atoms with van der Waals surface area (Å²) in [6.07, 6.45) is 10.6. The lowest BCUT2D eigenvalue weighted by Crippen LogP contribution is -2.28. The fourth-order valence-electron chi connectivity index (χ4n) is 2.70. The summed E-state index contributed by atoms with van der Waals surface area (Å²) in [5.74, 6) is 1.83. The lowest BCUT2D eigenvalue weighted by Gasteiger charge is -2.27. The summed E-state index contributed by atoms with van der Waals surface area (Å²) in [7, 11) is 4.06. The fraction of sp³-hybridized carbons (Fsp3) is 0.714. The highest BCUT2D eigenvalue weighted by atomic mass is 15.2. The molecule has 0 saturated heterocycles. The van der Waals surface area contributed by atoms with Gasteiger partial charge in [0.1, 0.15) is 5.82 Å². The Kier molecular flexibility index (Phi) is 4.93. The van der Waals surface area contributed by atoms with Gasteiger partial charge in [-0.15, -0.1) is 0 Å². The van der Waals surface area contributed by atoms with E-state index >= 15 is 0 Å². The zero-order valence-electron chi connectivity index (χ0n) is 11.5. The average molecular weight is 248 g/mol. The van der Waals surface area contributed by atoms with Gasteiger partial charge in [-0.3, -0.25) is 4.98 Å². The smallest absolute Gasteiger partial charge is 0.147 e. The van der Waals surface area contributed by atoms with E-state index in [4.69, 9.17) is 0 Å². The van der Waals surface area contributed by atoms with Gasteiger partial charge in [0, 0.05) is 26.3 Å². The van der Waals surface area contributed by atoms with Gasteiger partial charge < -0.3 is 10.2 Å². The molecule has 0 radical (unpaired) electrons. The SMILES string of the molecule is CNCc1cncc(N(C)CC2CCCCC2)n1. The van der Waals surface area contributed by atoms with Gasteiger partial charge in [-0.05, 0) is 25.8 Å². The summed E-state index contributed by atoms with van der Waals surface area (Å²) in [5.41, 5.74) is 1.01. The Bertz CT molecular complexity index is 361. The van der Waals surface area contributed by atoms with Gasteiger partial charge in [-0.25, -0.2) is 4.98 Å². The molecule has 0 aromatic carbocycles. The van der Waals surface area contributed by atoms with Crippen LogP contribution >= 0.6 is 0 Å². The van der Waals surface area contributed by atoms with E-state index in [1.807, 2.05) is 19.4 Å². The van der Waals surface area contributed by atoms with Crippen molar-refractivity contribution < 1.29 is 0 Å². The van der Waals surface area contributed by atoms with E-state index in [-0.39, 0.29) is 0 Å². The summed E-state index contributed by atoms with van der Waals surface area (Å²) in [4.78, 5) is 11.2. The third-order valence-electron chi connectivity index (χ3n) is 3.68. The number of hydrogen-bond donors (Lipinski definition) is 1. The van der Waals surface area contributed by atoms with Crippen molar-refractivity contribution in [1.29, 1.82) is 0 Å². The molecule has 18 heavy (non-hydrogen) atoms. The molecule has 1 N–H and O–H groups in total. The van der Waals surface area contributed by atoms with Crippen LogP contribution in [-0.4, -0.2) is 30.6 Å². The average Bonchev–Trinajstić information content (AvgIpc) is 2.40. The molecule has 1 aliphatic carbocycles. The van der Waals surface area contributed by atoms with E-state index in [2.05, 4.69) is 27.2 Å². The molecule has 1 aliphatic rings. The largest absolute Gasteiger partial charge is 0.358 e. The third kappa shape index (κ3) is 3.67. The van der Waals surface area contributed by atoms with Crippen molar-refractivity contribution in [1.82, 2.24) is 15.3 Å². The van der Waals surface area contributed by atoms with Crippen LogP contribution in [-0.2, 0) is 6.54 Å². The van der Waals surface area contributed by atoms with E-state index < -0.39 is 0 Å². The molecule has 4 heteroatoms. The number of hydrogen-bond acceptors (Lipinski definition) is 4. The molecule has 2 rings (SSSR count). The minimum atomic E-state index is 0.776. The molecule has 0 unspecified atom stereocenters. The molecule has 4 nitrogen and oxygen atoms in total. The molecule has 1 saturated carbocycles. The van der Waals surface area contributed by atoms with Gasteiger partial charge in [-0.1, -0.05) is 19.3 Å². The first kappa shape index (κ1) is 13.3. The molecular formula is C14H24N4. The molecule has 0 amide bonds. The maximum atomic E-state index is 4.63. The normalized spacial score (nSPS) is 16.8. The molecule has 0 spiro atoms. The molecule has 0 atom stereocenters. The lowest BCUT2D eigenvalue weighted by atomic mass is 9.89. The van der Waals surface area contributed by atoms with Crippen molar-refractivity contribution in [3.05, 3.63) is 18.1 Å². The highest BCUT2D eigenvalue weighted by molar-refractivity contribution is 5.35. The van der Waals surface area contributed by atoms with Gasteiger partial charge in [0.05, 0.1) is 11.9 Å². The summed E-state index contributed by atoms with van der Waals surface area (Å²) < 4.78 is 0. The van der Waals surface area contributed by atoms with Gasteiger partial charge >= 0.3 is 0 Å². The van der Waals surface area contributed by atoms with Gasteiger partial charge in [0.2, 0.25) is 0 Å². The van der Waals surface area contributed by atoms with Crippen LogP contribution in [0.15, 0.2) is 12.4 Å². The molecule has 1 heterocycles. The zero-order valence-corrected chi connectivity index (χ0v) is 11.5. The Morgan fingerprint density at radius 3 is 2.78 bits per heavy atom. The number of rotatable bonds is 5. The monoisotopic (exact) mass is 248 g/mol. The minimum absolute atomic E-state index is 0.776. The second-order valence-electron chi connectivity index (χ2n) is 5.28. The molecule has 100 valence electrons. The molecule has 1 aromatic heterocycles. The summed E-state index contributed by atoms with van der Waals surface area (Å²) in [5, 5.41) is 3.11. The second kappa shape index (κ2) is 6.69. The standard InChI is InChI=1S/C14H24N4/c1-15-8-13-9-16-10-14(17-13)18(2)11-12-6-4-3-5-7-12/h9-10,12,15H,3-8,11H2,1-2H3. The van der Waals surface area contributed by atoms with Gasteiger partial charge in [0.25, 0.3) is 0 Å². The third-order valence-corrected chi connectivity index (χ3v) is 3.68. The van der Waals surface area contributed by atoms with Crippen LogP contribution in [0.2, 0.25) is 0 Å². The Morgan fingerprint density at radius 1 is 1.28 bits per heavy atom. The molecule has 1 aromatic rings. The quantitative estimate of drug-likeness (QED) is 0.867. The molecule has 0 aliphatic heterocycles. The molecule has 1 fully saturated rings. The predicted octanol–water partition coefficient (Wildman–Crippen LogP) is 2.21. The van der Waals surface area contributed by atoms with Crippen LogP contribution < -0.4 is 10.2 Å². The fourth-order valence-corrected chi connectivity index (χ4v) is 2.70. The van der Waals surface area contributed by atoms with Crippen LogP contribution in [0, 0.1) is 5.92 Å². The Labute approximate surface area is 110 Å². The number of nitrogens with one attached hydrogen (secondary N) is 1. The van der Waals surface area contributed by atoms with E-state index in [0.29, 0.717) is 0 Å². The highest BCUT2D eigenvalue weighted by Gasteiger charge is 2.16. The molecular weight excluding hydrogens is 224 g/mol. The topological polar surface area (TPSA) is 41.1 Å². The van der Waals surface area contributed by atoms with Crippen molar-refractivity contribution in [3.63, 3.8) is 0 Å². The Hall–Kier alpha value is -1.16.